The second-order valence-corrected chi connectivity index (χ2v) is 4.08. The van der Waals surface area contributed by atoms with Crippen LogP contribution in [0.25, 0.3) is 10.9 Å². The van der Waals surface area contributed by atoms with Gasteiger partial charge < -0.3 is 0 Å². The van der Waals surface area contributed by atoms with Crippen molar-refractivity contribution in [1.29, 1.82) is 0 Å². The van der Waals surface area contributed by atoms with Crippen molar-refractivity contribution in [1.82, 2.24) is 4.98 Å². The smallest absolute Gasteiger partial charge is 0.163 e. The first-order valence-electron chi connectivity index (χ1n) is 5.73. The van der Waals surface area contributed by atoms with E-state index in [9.17, 15) is 4.79 Å². The molecule has 0 N–H and O–H groups in total. The van der Waals surface area contributed by atoms with Crippen LogP contribution >= 0.6 is 0 Å². The quantitative estimate of drug-likeness (QED) is 0.586. The third kappa shape index (κ3) is 2.41. The Hall–Kier alpha value is -1.96. The van der Waals surface area contributed by atoms with Crippen molar-refractivity contribution < 1.29 is 4.79 Å². The summed E-state index contributed by atoms with van der Waals surface area (Å²) in [6.07, 6.45) is 3.00. The van der Waals surface area contributed by atoms with Crippen LogP contribution in [0, 0.1) is 6.92 Å². The van der Waals surface area contributed by atoms with Gasteiger partial charge in [0.15, 0.2) is 5.78 Å². The summed E-state index contributed by atoms with van der Waals surface area (Å²) < 4.78 is 0. The summed E-state index contributed by atoms with van der Waals surface area (Å²) in [6.45, 7) is 5.56. The molecule has 0 amide bonds. The zero-order valence-electron chi connectivity index (χ0n) is 9.94. The van der Waals surface area contributed by atoms with Crippen LogP contribution in [0.2, 0.25) is 0 Å². The van der Waals surface area contributed by atoms with Gasteiger partial charge >= 0.3 is 0 Å². The number of aryl methyl sites for hydroxylation is 1. The van der Waals surface area contributed by atoms with Gasteiger partial charge in [-0.25, -0.2) is 0 Å². The Bertz CT molecular complexity index is 572. The Balaban J connectivity index is 2.51. The Labute approximate surface area is 101 Å². The zero-order chi connectivity index (χ0) is 12.3. The molecular formula is C15H15NO. The van der Waals surface area contributed by atoms with E-state index in [1.807, 2.05) is 37.3 Å². The van der Waals surface area contributed by atoms with Crippen molar-refractivity contribution in [2.24, 2.45) is 0 Å². The molecule has 0 atom stereocenters. The predicted octanol–water partition coefficient (Wildman–Crippen LogP) is 3.69. The van der Waals surface area contributed by atoms with Gasteiger partial charge in [0.1, 0.15) is 0 Å². The van der Waals surface area contributed by atoms with Crippen LogP contribution in [-0.2, 0) is 0 Å². The molecule has 17 heavy (non-hydrogen) atoms. The average Bonchev–Trinajstić information content (AvgIpc) is 2.34. The first kappa shape index (κ1) is 11.5. The number of nitrogens with zero attached hydrogens (tertiary/aromatic N) is 1. The summed E-state index contributed by atoms with van der Waals surface area (Å²) >= 11 is 0. The molecule has 0 unspecified atom stereocenters. The molecule has 1 aromatic heterocycles. The van der Waals surface area contributed by atoms with Gasteiger partial charge in [-0.15, -0.1) is 6.58 Å². The first-order chi connectivity index (χ1) is 8.22. The highest BCUT2D eigenvalue weighted by molar-refractivity contribution is 6.07. The minimum Gasteiger partial charge on any atom is -0.294 e. The van der Waals surface area contributed by atoms with Gasteiger partial charge in [-0.1, -0.05) is 24.3 Å². The molecule has 0 radical (unpaired) electrons. The number of allylic oxidation sites excluding steroid dienone is 1. The maximum absolute atomic E-state index is 12.1. The van der Waals surface area contributed by atoms with E-state index in [-0.39, 0.29) is 5.78 Å². The van der Waals surface area contributed by atoms with Crippen molar-refractivity contribution in [3.05, 3.63) is 54.2 Å². The molecule has 1 aromatic carbocycles. The van der Waals surface area contributed by atoms with Crippen molar-refractivity contribution in [3.63, 3.8) is 0 Å². The van der Waals surface area contributed by atoms with E-state index >= 15 is 0 Å². The van der Waals surface area contributed by atoms with E-state index in [1.54, 1.807) is 6.08 Å². The number of para-hydroxylation sites is 1. The van der Waals surface area contributed by atoms with E-state index in [0.717, 1.165) is 22.2 Å². The Kier molecular flexibility index (Phi) is 3.33. The molecule has 2 heteroatoms. The maximum atomic E-state index is 12.1. The molecule has 0 saturated carbocycles. The van der Waals surface area contributed by atoms with Crippen LogP contribution < -0.4 is 0 Å². The van der Waals surface area contributed by atoms with Crippen molar-refractivity contribution in [2.75, 3.05) is 0 Å². The fraction of sp³-hybridized carbons (Fsp3) is 0.200. The normalized spacial score (nSPS) is 10.4. The van der Waals surface area contributed by atoms with Crippen LogP contribution in [-0.4, -0.2) is 10.8 Å². The number of ketones is 1. The molecule has 2 rings (SSSR count). The van der Waals surface area contributed by atoms with Gasteiger partial charge in [0.25, 0.3) is 0 Å². The molecule has 2 aromatic rings. The van der Waals surface area contributed by atoms with Crippen LogP contribution in [0.5, 0.6) is 0 Å². The average molecular weight is 225 g/mol. The van der Waals surface area contributed by atoms with Gasteiger partial charge in [0, 0.05) is 23.1 Å². The van der Waals surface area contributed by atoms with Crippen LogP contribution in [0.4, 0.5) is 0 Å². The largest absolute Gasteiger partial charge is 0.294 e. The summed E-state index contributed by atoms with van der Waals surface area (Å²) in [4.78, 5) is 16.5. The molecule has 0 aliphatic carbocycles. The topological polar surface area (TPSA) is 30.0 Å². The number of carbonyl (C=O) groups excluding carboxylic acids is 1. The van der Waals surface area contributed by atoms with E-state index in [1.165, 1.54) is 0 Å². The highest BCUT2D eigenvalue weighted by atomic mass is 16.1. The third-order valence-electron chi connectivity index (χ3n) is 2.72. The molecule has 0 spiro atoms. The van der Waals surface area contributed by atoms with Crippen LogP contribution in [0.3, 0.4) is 0 Å². The monoisotopic (exact) mass is 225 g/mol. The number of hydrogen-bond acceptors (Lipinski definition) is 2. The fourth-order valence-corrected chi connectivity index (χ4v) is 1.91. The lowest BCUT2D eigenvalue weighted by molar-refractivity contribution is 0.0985. The van der Waals surface area contributed by atoms with E-state index < -0.39 is 0 Å². The Morgan fingerprint density at radius 3 is 2.94 bits per heavy atom. The number of fused-ring (bicyclic) bond motifs is 1. The van der Waals surface area contributed by atoms with Gasteiger partial charge in [0.2, 0.25) is 0 Å². The molecule has 0 aliphatic heterocycles. The summed E-state index contributed by atoms with van der Waals surface area (Å²) in [6, 6.07) is 9.62. The summed E-state index contributed by atoms with van der Waals surface area (Å²) in [5, 5.41) is 0.937. The van der Waals surface area contributed by atoms with E-state index in [0.29, 0.717) is 12.8 Å². The lowest BCUT2D eigenvalue weighted by atomic mass is 10.0. The molecule has 0 bridgehead atoms. The number of aromatic nitrogens is 1. The van der Waals surface area contributed by atoms with E-state index in [2.05, 4.69) is 11.6 Å². The molecule has 0 saturated heterocycles. The highest BCUT2D eigenvalue weighted by Crippen LogP contribution is 2.20. The van der Waals surface area contributed by atoms with Crippen molar-refractivity contribution in [2.45, 2.75) is 19.8 Å². The number of hydrogen-bond donors (Lipinski definition) is 0. The number of Topliss-reactive ketones (excluding diaryl/α,β-unsaturated/α-hetero) is 1. The standard InChI is InChI=1S/C15H15NO/c1-3-4-9-15(17)13-10-11(2)16-14-8-6-5-7-12(13)14/h3,5-8,10H,1,4,9H2,2H3. The van der Waals surface area contributed by atoms with Gasteiger partial charge in [-0.05, 0) is 25.5 Å². The van der Waals surface area contributed by atoms with Gasteiger partial charge in [0.05, 0.1) is 5.52 Å². The van der Waals surface area contributed by atoms with Crippen molar-refractivity contribution >= 4 is 16.7 Å². The first-order valence-corrected chi connectivity index (χ1v) is 5.73. The predicted molar refractivity (Wildman–Crippen MR) is 70.2 cm³/mol. The minimum atomic E-state index is 0.159. The molecular weight excluding hydrogens is 210 g/mol. The maximum Gasteiger partial charge on any atom is 0.163 e. The number of rotatable bonds is 4. The molecule has 86 valence electrons. The molecule has 0 aliphatic rings. The van der Waals surface area contributed by atoms with Gasteiger partial charge in [-0.3, -0.25) is 9.78 Å². The molecule has 2 nitrogen and oxygen atoms in total. The fourth-order valence-electron chi connectivity index (χ4n) is 1.91. The van der Waals surface area contributed by atoms with Crippen LogP contribution in [0.15, 0.2) is 43.0 Å². The van der Waals surface area contributed by atoms with E-state index in [4.69, 9.17) is 0 Å². The Morgan fingerprint density at radius 1 is 1.41 bits per heavy atom. The SMILES string of the molecule is C=CCCC(=O)c1cc(C)nc2ccccc12. The summed E-state index contributed by atoms with van der Waals surface area (Å²) in [5.41, 5.74) is 2.54. The number of benzene rings is 1. The second kappa shape index (κ2) is 4.91. The van der Waals surface area contributed by atoms with Crippen LogP contribution in [0.1, 0.15) is 28.9 Å². The highest BCUT2D eigenvalue weighted by Gasteiger charge is 2.10. The van der Waals surface area contributed by atoms with Gasteiger partial charge in [-0.2, -0.15) is 0 Å². The lowest BCUT2D eigenvalue weighted by Crippen LogP contribution is -2.01. The third-order valence-corrected chi connectivity index (χ3v) is 2.72. The van der Waals surface area contributed by atoms with Crippen molar-refractivity contribution in [3.8, 4) is 0 Å². The zero-order valence-corrected chi connectivity index (χ0v) is 9.94. The number of carbonyl (C=O) groups is 1. The molecule has 1 heterocycles. The lowest BCUT2D eigenvalue weighted by Gasteiger charge is -2.06. The second-order valence-electron chi connectivity index (χ2n) is 4.08. The summed E-state index contributed by atoms with van der Waals surface area (Å²) in [5.74, 6) is 0.159. The minimum absolute atomic E-state index is 0.159. The summed E-state index contributed by atoms with van der Waals surface area (Å²) in [7, 11) is 0. The Morgan fingerprint density at radius 2 is 2.18 bits per heavy atom. The number of pyridine rings is 1. The molecule has 0 fully saturated rings.